The van der Waals surface area contributed by atoms with Crippen molar-refractivity contribution in [3.8, 4) is 11.1 Å². The number of rotatable bonds is 7. The lowest BCUT2D eigenvalue weighted by Crippen LogP contribution is -2.23. The van der Waals surface area contributed by atoms with E-state index in [1.807, 2.05) is 30.3 Å². The summed E-state index contributed by atoms with van der Waals surface area (Å²) in [6, 6.07) is 22.9. The molecule has 0 atom stereocenters. The lowest BCUT2D eigenvalue weighted by atomic mass is 10.1. The largest absolute Gasteiger partial charge is 0.478 e. The molecule has 0 fully saturated rings. The van der Waals surface area contributed by atoms with Gasteiger partial charge in [0.15, 0.2) is 9.84 Å². The molecule has 2 N–H and O–H groups in total. The van der Waals surface area contributed by atoms with Gasteiger partial charge in [-0.05, 0) is 41.0 Å². The molecule has 0 saturated heterocycles. The summed E-state index contributed by atoms with van der Waals surface area (Å²) in [7, 11) is -3.48. The lowest BCUT2D eigenvalue weighted by molar-refractivity contribution is 0.0696. The Morgan fingerprint density at radius 1 is 0.852 bits per heavy atom. The Hall–Kier alpha value is -2.96. The maximum Gasteiger partial charge on any atom is 0.335 e. The Balaban J connectivity index is 1.65. The molecule has 27 heavy (non-hydrogen) atoms. The van der Waals surface area contributed by atoms with Crippen LogP contribution >= 0.6 is 0 Å². The quantitative estimate of drug-likeness (QED) is 0.654. The van der Waals surface area contributed by atoms with Crippen molar-refractivity contribution in [1.82, 2.24) is 5.32 Å². The number of hydrogen-bond acceptors (Lipinski definition) is 4. The summed E-state index contributed by atoms with van der Waals surface area (Å²) in [5.74, 6) is -1.24. The van der Waals surface area contributed by atoms with Gasteiger partial charge in [0.2, 0.25) is 0 Å². The Bertz CT molecular complexity index is 1030. The number of sulfone groups is 1. The number of carboxylic acids is 1. The molecule has 0 saturated carbocycles. The summed E-state index contributed by atoms with van der Waals surface area (Å²) in [5.41, 5.74) is 2.86. The average Bonchev–Trinajstić information content (AvgIpc) is 2.69. The van der Waals surface area contributed by atoms with Gasteiger partial charge >= 0.3 is 5.97 Å². The maximum absolute atomic E-state index is 12.5. The van der Waals surface area contributed by atoms with Gasteiger partial charge in [-0.25, -0.2) is 13.2 Å². The average molecular weight is 381 g/mol. The second-order valence-corrected chi connectivity index (χ2v) is 8.07. The number of benzene rings is 3. The van der Waals surface area contributed by atoms with Crippen LogP contribution in [0.1, 0.15) is 15.9 Å². The summed E-state index contributed by atoms with van der Waals surface area (Å²) in [4.78, 5) is 11.2. The minimum Gasteiger partial charge on any atom is -0.478 e. The normalized spacial score (nSPS) is 11.3. The fourth-order valence-electron chi connectivity index (χ4n) is 2.71. The molecule has 0 aliphatic heterocycles. The van der Waals surface area contributed by atoms with Gasteiger partial charge in [0.25, 0.3) is 0 Å². The van der Waals surface area contributed by atoms with Crippen LogP contribution in [0.3, 0.4) is 0 Å². The molecule has 0 unspecified atom stereocenters. The fraction of sp³-hybridized carbons (Fsp3) is 0.0952. The fourth-order valence-corrected chi connectivity index (χ4v) is 3.80. The van der Waals surface area contributed by atoms with Crippen molar-refractivity contribution in [3.63, 3.8) is 0 Å². The van der Waals surface area contributed by atoms with Gasteiger partial charge in [0.1, 0.15) is 5.88 Å². The topological polar surface area (TPSA) is 83.5 Å². The standard InChI is InChI=1S/C21H19NO4S/c23-21(24)19-8-4-5-16(13-19)14-22-15-27(25,26)20-11-9-18(10-12-20)17-6-2-1-3-7-17/h1-13,22H,14-15H2,(H,23,24). The number of carboxylic acid groups (broad SMARTS) is 1. The first kappa shape index (κ1) is 18.8. The smallest absolute Gasteiger partial charge is 0.335 e. The van der Waals surface area contributed by atoms with E-state index in [9.17, 15) is 13.2 Å². The van der Waals surface area contributed by atoms with Crippen LogP contribution in [0.2, 0.25) is 0 Å². The van der Waals surface area contributed by atoms with Crippen LogP contribution in [-0.4, -0.2) is 25.4 Å². The third-order valence-electron chi connectivity index (χ3n) is 4.12. The molecular formula is C21H19NO4S. The van der Waals surface area contributed by atoms with E-state index >= 15 is 0 Å². The maximum atomic E-state index is 12.5. The molecule has 6 heteroatoms. The molecule has 5 nitrogen and oxygen atoms in total. The van der Waals surface area contributed by atoms with Crippen LogP contribution in [0, 0.1) is 0 Å². The molecule has 3 aromatic carbocycles. The minimum absolute atomic E-state index is 0.175. The van der Waals surface area contributed by atoms with Crippen LogP contribution in [0.15, 0.2) is 83.8 Å². The Morgan fingerprint density at radius 3 is 2.19 bits per heavy atom. The molecule has 3 aromatic rings. The molecule has 138 valence electrons. The van der Waals surface area contributed by atoms with Gasteiger partial charge in [-0.2, -0.15) is 0 Å². The van der Waals surface area contributed by atoms with Crippen LogP contribution in [-0.2, 0) is 16.4 Å². The second-order valence-electron chi connectivity index (χ2n) is 6.08. The number of nitrogens with one attached hydrogen (secondary N) is 1. The molecule has 0 bridgehead atoms. The lowest BCUT2D eigenvalue weighted by Gasteiger charge is -2.08. The van der Waals surface area contributed by atoms with Gasteiger partial charge in [-0.1, -0.05) is 54.6 Å². The van der Waals surface area contributed by atoms with E-state index in [-0.39, 0.29) is 22.9 Å². The zero-order valence-electron chi connectivity index (χ0n) is 14.5. The number of hydrogen-bond donors (Lipinski definition) is 2. The van der Waals surface area contributed by atoms with Crippen molar-refractivity contribution in [2.45, 2.75) is 11.4 Å². The minimum atomic E-state index is -3.48. The van der Waals surface area contributed by atoms with E-state index in [1.165, 1.54) is 12.1 Å². The van der Waals surface area contributed by atoms with E-state index in [0.717, 1.165) is 11.1 Å². The highest BCUT2D eigenvalue weighted by molar-refractivity contribution is 7.91. The second kappa shape index (κ2) is 8.16. The number of aromatic carboxylic acids is 1. The monoisotopic (exact) mass is 381 g/mol. The van der Waals surface area contributed by atoms with E-state index in [1.54, 1.807) is 36.4 Å². The summed E-state index contributed by atoms with van der Waals surface area (Å²) in [6.45, 7) is 0.266. The van der Waals surface area contributed by atoms with E-state index < -0.39 is 15.8 Å². The van der Waals surface area contributed by atoms with E-state index in [4.69, 9.17) is 5.11 Å². The molecule has 0 radical (unpaired) electrons. The van der Waals surface area contributed by atoms with Gasteiger partial charge in [-0.3, -0.25) is 5.32 Å². The molecular weight excluding hydrogens is 362 g/mol. The van der Waals surface area contributed by atoms with Gasteiger partial charge in [0, 0.05) is 6.54 Å². The molecule has 0 aliphatic rings. The van der Waals surface area contributed by atoms with Crippen LogP contribution in [0.5, 0.6) is 0 Å². The Morgan fingerprint density at radius 2 is 1.52 bits per heavy atom. The van der Waals surface area contributed by atoms with Crippen molar-refractivity contribution < 1.29 is 18.3 Å². The molecule has 0 amide bonds. The highest BCUT2D eigenvalue weighted by Gasteiger charge is 2.14. The highest BCUT2D eigenvalue weighted by atomic mass is 32.2. The van der Waals surface area contributed by atoms with Crippen LogP contribution in [0.4, 0.5) is 0 Å². The van der Waals surface area contributed by atoms with Crippen LogP contribution < -0.4 is 5.32 Å². The predicted molar refractivity (Wildman–Crippen MR) is 104 cm³/mol. The van der Waals surface area contributed by atoms with Crippen molar-refractivity contribution in [1.29, 1.82) is 0 Å². The van der Waals surface area contributed by atoms with Gasteiger partial charge in [-0.15, -0.1) is 0 Å². The van der Waals surface area contributed by atoms with Crippen molar-refractivity contribution in [2.24, 2.45) is 0 Å². The predicted octanol–water partition coefficient (Wildman–Crippen LogP) is 3.57. The third-order valence-corrected chi connectivity index (χ3v) is 5.69. The van der Waals surface area contributed by atoms with Gasteiger partial charge < -0.3 is 5.11 Å². The third kappa shape index (κ3) is 4.81. The first-order chi connectivity index (χ1) is 13.0. The Kier molecular flexibility index (Phi) is 5.69. The zero-order chi connectivity index (χ0) is 19.3. The summed E-state index contributed by atoms with van der Waals surface area (Å²) in [6.07, 6.45) is 0. The molecule has 0 heterocycles. The first-order valence-corrected chi connectivity index (χ1v) is 10.0. The van der Waals surface area contributed by atoms with Crippen LogP contribution in [0.25, 0.3) is 11.1 Å². The summed E-state index contributed by atoms with van der Waals surface area (Å²) in [5, 5.41) is 11.9. The molecule has 0 spiro atoms. The summed E-state index contributed by atoms with van der Waals surface area (Å²) < 4.78 is 25.0. The molecule has 0 aromatic heterocycles. The van der Waals surface area contributed by atoms with Crippen molar-refractivity contribution in [2.75, 3.05) is 5.88 Å². The van der Waals surface area contributed by atoms with Crippen molar-refractivity contribution >= 4 is 15.8 Å². The number of carbonyl (C=O) groups is 1. The van der Waals surface area contributed by atoms with Crippen molar-refractivity contribution in [3.05, 3.63) is 90.0 Å². The van der Waals surface area contributed by atoms with Gasteiger partial charge in [0.05, 0.1) is 10.5 Å². The Labute approximate surface area is 158 Å². The first-order valence-electron chi connectivity index (χ1n) is 8.37. The summed E-state index contributed by atoms with van der Waals surface area (Å²) >= 11 is 0. The van der Waals surface area contributed by atoms with E-state index in [2.05, 4.69) is 5.32 Å². The highest BCUT2D eigenvalue weighted by Crippen LogP contribution is 2.21. The zero-order valence-corrected chi connectivity index (χ0v) is 15.3. The SMILES string of the molecule is O=C(O)c1cccc(CNCS(=O)(=O)c2ccc(-c3ccccc3)cc2)c1. The molecule has 0 aliphatic carbocycles. The van der Waals surface area contributed by atoms with E-state index in [0.29, 0.717) is 5.56 Å². The molecule has 3 rings (SSSR count).